The molecule has 0 fully saturated rings. The first-order chi connectivity index (χ1) is 14.2. The quantitative estimate of drug-likeness (QED) is 0.309. The van der Waals surface area contributed by atoms with Crippen LogP contribution in [-0.4, -0.2) is 64.5 Å². The molecule has 1 N–H and O–H groups in total. The summed E-state index contributed by atoms with van der Waals surface area (Å²) in [6.45, 7) is 8.05. The summed E-state index contributed by atoms with van der Waals surface area (Å²) in [5.41, 5.74) is -0.0600. The van der Waals surface area contributed by atoms with Gasteiger partial charge in [-0.2, -0.15) is 0 Å². The Morgan fingerprint density at radius 1 is 1.07 bits per heavy atom. The number of rotatable bonds is 12. The fourth-order valence-electron chi connectivity index (χ4n) is 2.45. The average molecular weight is 427 g/mol. The zero-order valence-corrected chi connectivity index (χ0v) is 18.6. The second-order valence-corrected chi connectivity index (χ2v) is 7.26. The van der Waals surface area contributed by atoms with E-state index < -0.39 is 29.8 Å². The molecule has 0 aliphatic heterocycles. The van der Waals surface area contributed by atoms with Crippen LogP contribution in [0.1, 0.15) is 39.4 Å². The van der Waals surface area contributed by atoms with Gasteiger partial charge in [0.05, 0.1) is 19.8 Å². The number of nitrogens with one attached hydrogen (secondary N) is 1. The molecule has 170 valence electrons. The molecule has 0 saturated heterocycles. The second kappa shape index (κ2) is 13.0. The molecule has 9 heteroatoms. The van der Waals surface area contributed by atoms with Crippen LogP contribution in [0.15, 0.2) is 24.3 Å². The van der Waals surface area contributed by atoms with E-state index in [0.29, 0.717) is 24.5 Å². The molecule has 0 aromatic heterocycles. The summed E-state index contributed by atoms with van der Waals surface area (Å²) >= 11 is 0. The van der Waals surface area contributed by atoms with Crippen molar-refractivity contribution in [3.63, 3.8) is 0 Å². The van der Waals surface area contributed by atoms with Gasteiger partial charge < -0.3 is 33.7 Å². The maximum absolute atomic E-state index is 12.5. The molecule has 30 heavy (non-hydrogen) atoms. The maximum atomic E-state index is 12.5. The number of alkyl carbamates (subject to hydrolysis) is 1. The molecule has 0 saturated carbocycles. The topological polar surface area (TPSA) is 102 Å². The molecule has 2 atom stereocenters. The van der Waals surface area contributed by atoms with E-state index in [1.165, 1.54) is 7.11 Å². The summed E-state index contributed by atoms with van der Waals surface area (Å²) in [6.07, 6.45) is -1.53. The molecule has 0 spiro atoms. The Bertz CT molecular complexity index is 641. The Labute approximate surface area is 177 Å². The van der Waals surface area contributed by atoms with Crippen LogP contribution in [0, 0.1) is 0 Å². The van der Waals surface area contributed by atoms with Gasteiger partial charge in [0.2, 0.25) is 0 Å². The van der Waals surface area contributed by atoms with Crippen LogP contribution in [0.25, 0.3) is 0 Å². The first kappa shape index (κ1) is 25.7. The van der Waals surface area contributed by atoms with Crippen molar-refractivity contribution in [2.45, 2.75) is 45.4 Å². The smallest absolute Gasteiger partial charge is 0.408 e. The zero-order chi connectivity index (χ0) is 22.6. The van der Waals surface area contributed by atoms with E-state index in [1.54, 1.807) is 59.1 Å². The lowest BCUT2D eigenvalue weighted by Crippen LogP contribution is -2.48. The summed E-state index contributed by atoms with van der Waals surface area (Å²) in [4.78, 5) is 24.7. The van der Waals surface area contributed by atoms with E-state index in [1.807, 2.05) is 0 Å². The van der Waals surface area contributed by atoms with E-state index in [-0.39, 0.29) is 13.4 Å². The van der Waals surface area contributed by atoms with Crippen molar-refractivity contribution in [2.24, 2.45) is 0 Å². The third-order valence-corrected chi connectivity index (χ3v) is 3.72. The molecule has 0 unspecified atom stereocenters. The van der Waals surface area contributed by atoms with Gasteiger partial charge in [-0.05, 0) is 45.4 Å². The van der Waals surface area contributed by atoms with E-state index in [0.717, 1.165) is 0 Å². The first-order valence-electron chi connectivity index (χ1n) is 9.70. The number of carbonyl (C=O) groups excluding carboxylic acids is 2. The van der Waals surface area contributed by atoms with Gasteiger partial charge in [0.25, 0.3) is 0 Å². The third-order valence-electron chi connectivity index (χ3n) is 3.72. The number of hydrogen-bond donors (Lipinski definition) is 1. The Morgan fingerprint density at radius 2 is 1.73 bits per heavy atom. The Kier molecular flexibility index (Phi) is 11.2. The number of esters is 1. The van der Waals surface area contributed by atoms with Crippen LogP contribution < -0.4 is 10.1 Å². The minimum atomic E-state index is -1.09. The summed E-state index contributed by atoms with van der Waals surface area (Å²) in [6, 6.07) is 5.82. The van der Waals surface area contributed by atoms with E-state index in [2.05, 4.69) is 5.32 Å². The highest BCUT2D eigenvalue weighted by atomic mass is 16.7. The van der Waals surface area contributed by atoms with Crippen LogP contribution in [0.5, 0.6) is 5.75 Å². The minimum absolute atomic E-state index is 0.0854. The zero-order valence-electron chi connectivity index (χ0n) is 18.6. The maximum Gasteiger partial charge on any atom is 0.408 e. The number of amides is 1. The highest BCUT2D eigenvalue weighted by Crippen LogP contribution is 2.25. The van der Waals surface area contributed by atoms with E-state index in [4.69, 9.17) is 28.4 Å². The molecule has 1 amide bonds. The summed E-state index contributed by atoms with van der Waals surface area (Å²) in [5.74, 6) is -0.0408. The Morgan fingerprint density at radius 3 is 2.27 bits per heavy atom. The van der Waals surface area contributed by atoms with Gasteiger partial charge >= 0.3 is 12.1 Å². The molecule has 0 aliphatic carbocycles. The molecule has 0 bridgehead atoms. The molecular weight excluding hydrogens is 394 g/mol. The fraction of sp³-hybridized carbons (Fsp3) is 0.619. The van der Waals surface area contributed by atoms with Crippen molar-refractivity contribution < 1.29 is 38.0 Å². The van der Waals surface area contributed by atoms with Crippen LogP contribution in [0.4, 0.5) is 4.79 Å². The molecule has 0 radical (unpaired) electrons. The van der Waals surface area contributed by atoms with Crippen LogP contribution in [0.3, 0.4) is 0 Å². The average Bonchev–Trinajstić information content (AvgIpc) is 2.67. The van der Waals surface area contributed by atoms with Crippen LogP contribution in [0.2, 0.25) is 0 Å². The number of methoxy groups -OCH3 is 2. The van der Waals surface area contributed by atoms with Gasteiger partial charge in [0, 0.05) is 14.2 Å². The van der Waals surface area contributed by atoms with Gasteiger partial charge in [-0.3, -0.25) is 0 Å². The van der Waals surface area contributed by atoms with Gasteiger partial charge in [0.15, 0.2) is 12.8 Å². The summed E-state index contributed by atoms with van der Waals surface area (Å²) in [5, 5.41) is 2.55. The second-order valence-electron chi connectivity index (χ2n) is 7.26. The van der Waals surface area contributed by atoms with Crippen molar-refractivity contribution >= 4 is 12.1 Å². The van der Waals surface area contributed by atoms with Crippen LogP contribution in [-0.2, 0) is 28.5 Å². The van der Waals surface area contributed by atoms with Crippen molar-refractivity contribution in [3.05, 3.63) is 29.8 Å². The van der Waals surface area contributed by atoms with Gasteiger partial charge in [-0.25, -0.2) is 9.59 Å². The highest BCUT2D eigenvalue weighted by Gasteiger charge is 2.34. The predicted octanol–water partition coefficient (Wildman–Crippen LogP) is 2.83. The van der Waals surface area contributed by atoms with Gasteiger partial charge in [-0.1, -0.05) is 12.1 Å². The van der Waals surface area contributed by atoms with Crippen molar-refractivity contribution in [3.8, 4) is 5.75 Å². The minimum Gasteiger partial charge on any atom is -0.468 e. The lowest BCUT2D eigenvalue weighted by Gasteiger charge is -2.27. The number of benzene rings is 1. The first-order valence-corrected chi connectivity index (χ1v) is 9.70. The van der Waals surface area contributed by atoms with Gasteiger partial charge in [-0.15, -0.1) is 0 Å². The molecule has 0 heterocycles. The normalized spacial score (nSPS) is 13.3. The highest BCUT2D eigenvalue weighted by molar-refractivity contribution is 5.82. The van der Waals surface area contributed by atoms with Crippen molar-refractivity contribution in [1.82, 2.24) is 5.32 Å². The van der Waals surface area contributed by atoms with Crippen LogP contribution >= 0.6 is 0 Å². The van der Waals surface area contributed by atoms with E-state index in [9.17, 15) is 9.59 Å². The molecular formula is C21H33NO8. The fourth-order valence-corrected chi connectivity index (χ4v) is 2.45. The predicted molar refractivity (Wildman–Crippen MR) is 109 cm³/mol. The molecule has 1 aromatic carbocycles. The Balaban J connectivity index is 2.88. The lowest BCUT2D eigenvalue weighted by atomic mass is 10.0. The van der Waals surface area contributed by atoms with Gasteiger partial charge in [0.1, 0.15) is 17.5 Å². The summed E-state index contributed by atoms with van der Waals surface area (Å²) in [7, 11) is 3.04. The molecule has 1 aromatic rings. The standard InChI is InChI=1S/C21H33NO8/c1-7-28-19(23)17(22-20(24)30-21(2,3)4)18(26-6)15-8-10-16(11-9-15)29-14-27-13-12-25-5/h8-11,17-18H,7,12-14H2,1-6H3,(H,22,24)/t17-,18-/m1/s1. The van der Waals surface area contributed by atoms with E-state index >= 15 is 0 Å². The summed E-state index contributed by atoms with van der Waals surface area (Å²) < 4.78 is 31.5. The largest absolute Gasteiger partial charge is 0.468 e. The SMILES string of the molecule is CCOC(=O)[C@H](NC(=O)OC(C)(C)C)[C@H](OC)c1ccc(OCOCCOC)cc1. The number of ether oxygens (including phenoxy) is 6. The lowest BCUT2D eigenvalue weighted by molar-refractivity contribution is -0.149. The molecule has 9 nitrogen and oxygen atoms in total. The van der Waals surface area contributed by atoms with Crippen molar-refractivity contribution in [2.75, 3.05) is 40.8 Å². The third kappa shape index (κ3) is 9.43. The molecule has 1 rings (SSSR count). The Hall–Kier alpha value is -2.36. The number of hydrogen-bond acceptors (Lipinski definition) is 8. The molecule has 0 aliphatic rings. The van der Waals surface area contributed by atoms with Crippen molar-refractivity contribution in [1.29, 1.82) is 0 Å². The monoisotopic (exact) mass is 427 g/mol. The number of carbonyl (C=O) groups is 2.